The first kappa shape index (κ1) is 30.7. The summed E-state index contributed by atoms with van der Waals surface area (Å²) in [6, 6.07) is 60.6. The lowest BCUT2D eigenvalue weighted by Crippen LogP contribution is -2.03. The lowest BCUT2D eigenvalue weighted by Gasteiger charge is -2.14. The zero-order valence-corrected chi connectivity index (χ0v) is 29.8. The number of thiophene rings is 1. The van der Waals surface area contributed by atoms with Gasteiger partial charge in [-0.15, -0.1) is 11.3 Å². The van der Waals surface area contributed by atoms with E-state index in [1.807, 2.05) is 29.8 Å². The fourth-order valence-corrected chi connectivity index (χ4v) is 9.00. The number of pyridine rings is 1. The quantitative estimate of drug-likeness (QED) is 0.179. The van der Waals surface area contributed by atoms with Crippen molar-refractivity contribution < 1.29 is 0 Å². The lowest BCUT2D eigenvalue weighted by atomic mass is 9.94. The van der Waals surface area contributed by atoms with Crippen LogP contribution in [-0.2, 0) is 0 Å². The molecule has 54 heavy (non-hydrogen) atoms. The van der Waals surface area contributed by atoms with Gasteiger partial charge in [0.05, 0.1) is 22.2 Å². The zero-order chi connectivity index (χ0) is 35.6. The highest BCUT2D eigenvalue weighted by Gasteiger charge is 2.19. The molecule has 0 fully saturated rings. The Morgan fingerprint density at radius 2 is 1.06 bits per heavy atom. The normalized spacial score (nSPS) is 11.7. The number of para-hydroxylation sites is 2. The third-order valence-electron chi connectivity index (χ3n) is 10.5. The molecule has 0 amide bonds. The first-order valence-corrected chi connectivity index (χ1v) is 18.9. The average molecular weight is 707 g/mol. The minimum atomic E-state index is 0.638. The smallest absolute Gasteiger partial charge is 0.235 e. The van der Waals surface area contributed by atoms with Gasteiger partial charge in [-0.1, -0.05) is 109 Å². The highest BCUT2D eigenvalue weighted by molar-refractivity contribution is 7.25. The van der Waals surface area contributed by atoms with Crippen LogP contribution in [0.2, 0.25) is 0 Å². The van der Waals surface area contributed by atoms with E-state index in [4.69, 9.17) is 9.97 Å². The predicted molar refractivity (Wildman–Crippen MR) is 226 cm³/mol. The molecule has 0 saturated carbocycles. The van der Waals surface area contributed by atoms with Crippen molar-refractivity contribution in [2.45, 2.75) is 0 Å². The molecule has 0 N–H and O–H groups in total. The molecule has 0 atom stereocenters. The summed E-state index contributed by atoms with van der Waals surface area (Å²) in [5.41, 5.74) is 11.7. The summed E-state index contributed by atoms with van der Waals surface area (Å²) in [4.78, 5) is 15.2. The molecule has 0 aliphatic carbocycles. The van der Waals surface area contributed by atoms with Crippen LogP contribution >= 0.6 is 11.3 Å². The molecule has 0 aliphatic heterocycles. The van der Waals surface area contributed by atoms with Crippen LogP contribution in [0.5, 0.6) is 0 Å². The molecule has 5 heteroatoms. The van der Waals surface area contributed by atoms with Crippen LogP contribution < -0.4 is 0 Å². The van der Waals surface area contributed by atoms with Crippen molar-refractivity contribution in [1.82, 2.24) is 19.5 Å². The molecule has 0 radical (unpaired) electrons. The number of nitrogens with zero attached hydrogens (tertiary/aromatic N) is 4. The Bertz CT molecular complexity index is 3160. The van der Waals surface area contributed by atoms with E-state index in [1.165, 1.54) is 36.5 Å². The van der Waals surface area contributed by atoms with Crippen molar-refractivity contribution in [2.24, 2.45) is 0 Å². The maximum absolute atomic E-state index is 5.49. The van der Waals surface area contributed by atoms with Gasteiger partial charge in [0.15, 0.2) is 0 Å². The number of hydrogen-bond acceptors (Lipinski definition) is 4. The van der Waals surface area contributed by atoms with Gasteiger partial charge < -0.3 is 0 Å². The molecule has 11 aromatic rings. The molecule has 0 spiro atoms. The average Bonchev–Trinajstić information content (AvgIpc) is 3.79. The molecule has 11 rings (SSSR count). The van der Waals surface area contributed by atoms with Crippen molar-refractivity contribution in [2.75, 3.05) is 0 Å². The second kappa shape index (κ2) is 12.3. The van der Waals surface area contributed by atoms with Gasteiger partial charge in [0.2, 0.25) is 5.95 Å². The van der Waals surface area contributed by atoms with E-state index in [1.54, 1.807) is 0 Å². The van der Waals surface area contributed by atoms with Crippen LogP contribution in [-0.4, -0.2) is 19.5 Å². The van der Waals surface area contributed by atoms with Gasteiger partial charge in [0.25, 0.3) is 0 Å². The number of rotatable bonds is 5. The molecule has 0 bridgehead atoms. The first-order valence-electron chi connectivity index (χ1n) is 18.1. The fraction of sp³-hybridized carbons (Fsp3) is 0. The van der Waals surface area contributed by atoms with Crippen LogP contribution in [0, 0.1) is 0 Å². The van der Waals surface area contributed by atoms with Crippen LogP contribution in [0.1, 0.15) is 0 Å². The summed E-state index contributed by atoms with van der Waals surface area (Å²) in [6.45, 7) is 0. The van der Waals surface area contributed by atoms with Crippen LogP contribution in [0.4, 0.5) is 0 Å². The highest BCUT2D eigenvalue weighted by atomic mass is 32.1. The van der Waals surface area contributed by atoms with E-state index < -0.39 is 0 Å². The second-order valence-electron chi connectivity index (χ2n) is 13.7. The monoisotopic (exact) mass is 706 g/mol. The largest absolute Gasteiger partial charge is 0.278 e. The summed E-state index contributed by atoms with van der Waals surface area (Å²) in [6.07, 6.45) is 3.74. The number of hydrogen-bond donors (Lipinski definition) is 0. The Morgan fingerprint density at radius 3 is 1.93 bits per heavy atom. The standard InChI is InChI=1S/C49H30N4S/c1-2-11-31(12-3-1)35-25-36(34-13-10-24-50-30-34)27-37(26-35)48-41-16-4-7-17-43(41)51-49(52-48)53-44-18-8-5-14-38(44)39-22-20-33(29-45(39)53)32-21-23-47-42(28-32)40-15-6-9-19-46(40)54-47/h1-30H. The Hall–Kier alpha value is -6.95. The molecule has 0 aliphatic rings. The van der Waals surface area contributed by atoms with Crippen molar-refractivity contribution in [3.63, 3.8) is 0 Å². The Balaban J connectivity index is 1.15. The predicted octanol–water partition coefficient (Wildman–Crippen LogP) is 13.2. The maximum Gasteiger partial charge on any atom is 0.235 e. The van der Waals surface area contributed by atoms with Gasteiger partial charge in [-0.25, -0.2) is 9.97 Å². The molecular formula is C49H30N4S. The molecule has 4 nitrogen and oxygen atoms in total. The highest BCUT2D eigenvalue weighted by Crippen LogP contribution is 2.40. The lowest BCUT2D eigenvalue weighted by molar-refractivity contribution is 1.01. The Morgan fingerprint density at radius 1 is 0.389 bits per heavy atom. The summed E-state index contributed by atoms with van der Waals surface area (Å²) in [7, 11) is 0. The van der Waals surface area contributed by atoms with E-state index >= 15 is 0 Å². The Labute approximate surface area is 315 Å². The van der Waals surface area contributed by atoms with Gasteiger partial charge in [0.1, 0.15) is 0 Å². The fourth-order valence-electron chi connectivity index (χ4n) is 7.92. The van der Waals surface area contributed by atoms with E-state index in [0.29, 0.717) is 5.95 Å². The SMILES string of the molecule is c1ccc(-c2cc(-c3cccnc3)cc(-c3nc(-n4c5ccccc5c5ccc(-c6ccc7sc8ccccc8c7c6)cc54)nc4ccccc34)c2)cc1. The van der Waals surface area contributed by atoms with Gasteiger partial charge in [0, 0.05) is 59.9 Å². The summed E-state index contributed by atoms with van der Waals surface area (Å²) in [5.74, 6) is 0.638. The molecule has 0 saturated heterocycles. The van der Waals surface area contributed by atoms with Crippen molar-refractivity contribution in [3.8, 4) is 50.6 Å². The zero-order valence-electron chi connectivity index (χ0n) is 29.0. The number of fused-ring (bicyclic) bond motifs is 7. The van der Waals surface area contributed by atoms with E-state index in [0.717, 1.165) is 61.0 Å². The van der Waals surface area contributed by atoms with Gasteiger partial charge in [-0.2, -0.15) is 0 Å². The van der Waals surface area contributed by atoms with Crippen molar-refractivity contribution in [3.05, 3.63) is 182 Å². The molecule has 252 valence electrons. The van der Waals surface area contributed by atoms with Gasteiger partial charge in [-0.05, 0) is 88.5 Å². The van der Waals surface area contributed by atoms with Crippen molar-refractivity contribution >= 4 is 64.2 Å². The molecule has 0 unspecified atom stereocenters. The van der Waals surface area contributed by atoms with Gasteiger partial charge in [-0.3, -0.25) is 9.55 Å². The third-order valence-corrected chi connectivity index (χ3v) is 11.6. The minimum absolute atomic E-state index is 0.638. The molecule has 4 aromatic heterocycles. The van der Waals surface area contributed by atoms with Crippen LogP contribution in [0.15, 0.2) is 182 Å². The maximum atomic E-state index is 5.49. The van der Waals surface area contributed by atoms with Crippen LogP contribution in [0.25, 0.3) is 103 Å². The van der Waals surface area contributed by atoms with Crippen molar-refractivity contribution in [1.29, 1.82) is 0 Å². The molecule has 7 aromatic carbocycles. The van der Waals surface area contributed by atoms with Crippen LogP contribution in [0.3, 0.4) is 0 Å². The topological polar surface area (TPSA) is 43.6 Å². The van der Waals surface area contributed by atoms with Gasteiger partial charge >= 0.3 is 0 Å². The molecule has 4 heterocycles. The summed E-state index contributed by atoms with van der Waals surface area (Å²) < 4.78 is 4.85. The minimum Gasteiger partial charge on any atom is -0.278 e. The molecular weight excluding hydrogens is 677 g/mol. The van der Waals surface area contributed by atoms with E-state index in [9.17, 15) is 0 Å². The second-order valence-corrected chi connectivity index (χ2v) is 14.8. The summed E-state index contributed by atoms with van der Waals surface area (Å²) in [5, 5.41) is 5.93. The van der Waals surface area contributed by atoms with E-state index in [-0.39, 0.29) is 0 Å². The number of aromatic nitrogens is 4. The Kier molecular flexibility index (Phi) is 7.00. The number of benzene rings is 7. The third kappa shape index (κ3) is 5.01. The van der Waals surface area contributed by atoms with E-state index in [2.05, 4.69) is 173 Å². The first-order chi connectivity index (χ1) is 26.7. The summed E-state index contributed by atoms with van der Waals surface area (Å²) >= 11 is 1.85.